The normalized spacial score (nSPS) is 16.8. The number of nitrogens with one attached hydrogen (secondary N) is 3. The third-order valence-electron chi connectivity index (χ3n) is 4.03. The first-order chi connectivity index (χ1) is 12.6. The summed E-state index contributed by atoms with van der Waals surface area (Å²) in [5, 5.41) is 14.1. The summed E-state index contributed by atoms with van der Waals surface area (Å²) in [5.74, 6) is 0.240. The van der Waals surface area contributed by atoms with Crippen molar-refractivity contribution in [1.82, 2.24) is 20.5 Å². The smallest absolute Gasteiger partial charge is 0.278 e. The molecule has 0 bridgehead atoms. The second-order valence-corrected chi connectivity index (χ2v) is 7.07. The zero-order chi connectivity index (χ0) is 18.5. The molecule has 1 aliphatic rings. The van der Waals surface area contributed by atoms with Crippen LogP contribution in [0.25, 0.3) is 11.3 Å². The maximum absolute atomic E-state index is 12.5. The van der Waals surface area contributed by atoms with Gasteiger partial charge in [-0.15, -0.1) is 10.2 Å². The van der Waals surface area contributed by atoms with Crippen LogP contribution in [0.3, 0.4) is 0 Å². The van der Waals surface area contributed by atoms with Gasteiger partial charge in [0, 0.05) is 18.5 Å². The molecule has 0 aliphatic carbocycles. The van der Waals surface area contributed by atoms with Gasteiger partial charge in [0.05, 0.1) is 11.6 Å². The van der Waals surface area contributed by atoms with Crippen molar-refractivity contribution in [2.75, 3.05) is 17.6 Å². The first-order valence-electron chi connectivity index (χ1n) is 8.35. The van der Waals surface area contributed by atoms with E-state index in [1.165, 1.54) is 11.8 Å². The summed E-state index contributed by atoms with van der Waals surface area (Å²) in [6.07, 6.45) is 0.838. The van der Waals surface area contributed by atoms with Crippen molar-refractivity contribution in [3.05, 3.63) is 34.6 Å². The molecule has 2 amide bonds. The molecule has 9 heteroatoms. The van der Waals surface area contributed by atoms with E-state index >= 15 is 0 Å². The van der Waals surface area contributed by atoms with Crippen LogP contribution in [0, 0.1) is 5.92 Å². The molecule has 136 valence electrons. The Morgan fingerprint density at radius 1 is 1.31 bits per heavy atom. The van der Waals surface area contributed by atoms with Crippen LogP contribution in [-0.2, 0) is 9.59 Å². The van der Waals surface area contributed by atoms with Gasteiger partial charge in [-0.3, -0.25) is 19.4 Å². The van der Waals surface area contributed by atoms with Gasteiger partial charge < -0.3 is 10.6 Å². The van der Waals surface area contributed by atoms with E-state index in [0.717, 1.165) is 5.75 Å². The molecule has 2 aromatic rings. The molecule has 2 heterocycles. The van der Waals surface area contributed by atoms with Crippen molar-refractivity contribution >= 4 is 29.3 Å². The van der Waals surface area contributed by atoms with E-state index in [2.05, 4.69) is 25.8 Å². The summed E-state index contributed by atoms with van der Waals surface area (Å²) >= 11 is 1.39. The molecular formula is C17H19N5O3S. The number of nitrogens with zero attached hydrogens (tertiary/aromatic N) is 2. The fourth-order valence-corrected chi connectivity index (χ4v) is 3.23. The van der Waals surface area contributed by atoms with E-state index in [1.54, 1.807) is 24.3 Å². The second-order valence-electron chi connectivity index (χ2n) is 5.82. The van der Waals surface area contributed by atoms with Gasteiger partial charge in [0.25, 0.3) is 5.56 Å². The van der Waals surface area contributed by atoms with Gasteiger partial charge in [0.1, 0.15) is 0 Å². The van der Waals surface area contributed by atoms with E-state index < -0.39 is 0 Å². The number of rotatable bonds is 5. The van der Waals surface area contributed by atoms with Crippen molar-refractivity contribution < 1.29 is 9.59 Å². The number of anilines is 1. The van der Waals surface area contributed by atoms with Crippen LogP contribution in [0.15, 0.2) is 34.2 Å². The maximum atomic E-state index is 12.5. The molecule has 3 N–H and O–H groups in total. The third kappa shape index (κ3) is 4.10. The molecule has 1 aromatic heterocycles. The molecule has 0 radical (unpaired) electrons. The highest BCUT2D eigenvalue weighted by Gasteiger charge is 2.25. The number of thioether (sulfide) groups is 1. The Kier molecular flexibility index (Phi) is 5.67. The lowest BCUT2D eigenvalue weighted by Gasteiger charge is -2.22. The topological polar surface area (TPSA) is 117 Å². The predicted molar refractivity (Wildman–Crippen MR) is 98.9 cm³/mol. The van der Waals surface area contributed by atoms with Gasteiger partial charge in [-0.05, 0) is 18.2 Å². The van der Waals surface area contributed by atoms with E-state index in [-0.39, 0.29) is 29.0 Å². The molecule has 1 aromatic carbocycles. The molecule has 0 unspecified atom stereocenters. The molecule has 1 fully saturated rings. The van der Waals surface area contributed by atoms with Crippen LogP contribution in [0.1, 0.15) is 19.8 Å². The van der Waals surface area contributed by atoms with Crippen LogP contribution in [0.2, 0.25) is 0 Å². The Morgan fingerprint density at radius 2 is 2.12 bits per heavy atom. The first-order valence-corrected chi connectivity index (χ1v) is 9.33. The van der Waals surface area contributed by atoms with Gasteiger partial charge in [0.15, 0.2) is 10.9 Å². The SMILES string of the molecule is CCSc1nnc(-c2ccccc2NC(=O)[C@@H]2CCC(=O)NC2)c(=O)[nH]1. The van der Waals surface area contributed by atoms with Crippen LogP contribution < -0.4 is 16.2 Å². The Bertz CT molecular complexity index is 873. The second kappa shape index (κ2) is 8.13. The van der Waals surface area contributed by atoms with Crippen molar-refractivity contribution in [1.29, 1.82) is 0 Å². The lowest BCUT2D eigenvalue weighted by atomic mass is 9.98. The number of benzene rings is 1. The molecule has 0 saturated carbocycles. The van der Waals surface area contributed by atoms with Crippen LogP contribution >= 0.6 is 11.8 Å². The molecule has 1 aliphatic heterocycles. The first kappa shape index (κ1) is 18.1. The number of aromatic nitrogens is 3. The molecule has 3 rings (SSSR count). The highest BCUT2D eigenvalue weighted by atomic mass is 32.2. The number of hydrogen-bond donors (Lipinski definition) is 3. The van der Waals surface area contributed by atoms with E-state index in [1.807, 2.05) is 6.92 Å². The molecule has 1 saturated heterocycles. The van der Waals surface area contributed by atoms with Gasteiger partial charge in [-0.25, -0.2) is 0 Å². The Morgan fingerprint density at radius 3 is 2.81 bits per heavy atom. The van der Waals surface area contributed by atoms with Gasteiger partial charge >= 0.3 is 0 Å². The van der Waals surface area contributed by atoms with E-state index in [4.69, 9.17) is 0 Å². The predicted octanol–water partition coefficient (Wildman–Crippen LogP) is 1.41. The van der Waals surface area contributed by atoms with Gasteiger partial charge in [-0.1, -0.05) is 36.9 Å². The van der Waals surface area contributed by atoms with Gasteiger partial charge in [0.2, 0.25) is 11.8 Å². The fraction of sp³-hybridized carbons (Fsp3) is 0.353. The number of H-pyrrole nitrogens is 1. The molecule has 26 heavy (non-hydrogen) atoms. The summed E-state index contributed by atoms with van der Waals surface area (Å²) in [4.78, 5) is 38.8. The van der Waals surface area contributed by atoms with Crippen molar-refractivity contribution in [3.8, 4) is 11.3 Å². The quantitative estimate of drug-likeness (QED) is 0.682. The fourth-order valence-electron chi connectivity index (χ4n) is 2.69. The lowest BCUT2D eigenvalue weighted by Crippen LogP contribution is -2.40. The van der Waals surface area contributed by atoms with Crippen molar-refractivity contribution in [3.63, 3.8) is 0 Å². The summed E-state index contributed by atoms with van der Waals surface area (Å²) in [7, 11) is 0. The average molecular weight is 373 g/mol. The summed E-state index contributed by atoms with van der Waals surface area (Å²) in [5.41, 5.74) is 0.786. The molecule has 0 spiro atoms. The maximum Gasteiger partial charge on any atom is 0.278 e. The number of carbonyl (C=O) groups is 2. The Hall–Kier alpha value is -2.68. The monoisotopic (exact) mass is 373 g/mol. The highest BCUT2D eigenvalue weighted by Crippen LogP contribution is 2.25. The van der Waals surface area contributed by atoms with E-state index in [9.17, 15) is 14.4 Å². The Balaban J connectivity index is 1.83. The number of para-hydroxylation sites is 1. The summed E-state index contributed by atoms with van der Waals surface area (Å²) < 4.78 is 0. The third-order valence-corrected chi connectivity index (χ3v) is 4.78. The molecule has 8 nitrogen and oxygen atoms in total. The summed E-state index contributed by atoms with van der Waals surface area (Å²) in [6, 6.07) is 6.96. The van der Waals surface area contributed by atoms with Crippen LogP contribution in [-0.4, -0.2) is 39.3 Å². The minimum atomic E-state index is -0.359. The highest BCUT2D eigenvalue weighted by molar-refractivity contribution is 7.99. The van der Waals surface area contributed by atoms with Crippen molar-refractivity contribution in [2.24, 2.45) is 5.92 Å². The van der Waals surface area contributed by atoms with Crippen molar-refractivity contribution in [2.45, 2.75) is 24.9 Å². The number of aromatic amines is 1. The zero-order valence-electron chi connectivity index (χ0n) is 14.2. The minimum absolute atomic E-state index is 0.0405. The lowest BCUT2D eigenvalue weighted by molar-refractivity contribution is -0.126. The zero-order valence-corrected chi connectivity index (χ0v) is 15.1. The number of hydrogen-bond acceptors (Lipinski definition) is 6. The average Bonchev–Trinajstić information content (AvgIpc) is 2.63. The standard InChI is InChI=1S/C17H19N5O3S/c1-2-26-17-20-16(25)14(21-22-17)11-5-3-4-6-12(11)19-15(24)10-7-8-13(23)18-9-10/h3-6,10H,2,7-9H2,1H3,(H,18,23)(H,19,24)(H,20,22,25)/t10-/m1/s1. The van der Waals surface area contributed by atoms with E-state index in [0.29, 0.717) is 35.8 Å². The van der Waals surface area contributed by atoms with Crippen LogP contribution in [0.4, 0.5) is 5.69 Å². The largest absolute Gasteiger partial charge is 0.355 e. The number of amides is 2. The van der Waals surface area contributed by atoms with Crippen LogP contribution in [0.5, 0.6) is 0 Å². The number of piperidine rings is 1. The van der Waals surface area contributed by atoms with Gasteiger partial charge in [-0.2, -0.15) is 0 Å². The molecule has 1 atom stereocenters. The Labute approximate surface area is 154 Å². The molecular weight excluding hydrogens is 354 g/mol. The summed E-state index contributed by atoms with van der Waals surface area (Å²) in [6.45, 7) is 2.27. The minimum Gasteiger partial charge on any atom is -0.355 e. The number of carbonyl (C=O) groups excluding carboxylic acids is 2.